The van der Waals surface area contributed by atoms with Crippen LogP contribution in [0.25, 0.3) is 0 Å². The molecule has 1 aliphatic rings. The molecule has 1 rings (SSSR count). The Labute approximate surface area is 76.6 Å². The summed E-state index contributed by atoms with van der Waals surface area (Å²) in [6, 6.07) is 0. The Kier molecular flexibility index (Phi) is 3.01. The zero-order valence-corrected chi connectivity index (χ0v) is 8.60. The van der Waals surface area contributed by atoms with E-state index in [0.29, 0.717) is 0 Å². The highest BCUT2D eigenvalue weighted by atomic mass is 127. The Morgan fingerprint density at radius 1 is 1.50 bits per heavy atom. The maximum atomic E-state index is 3.93. The van der Waals surface area contributed by atoms with Gasteiger partial charge in [0.25, 0.3) is 0 Å². The van der Waals surface area contributed by atoms with E-state index in [0.717, 1.165) is 3.92 Å². The predicted octanol–water partition coefficient (Wildman–Crippen LogP) is 2.42. The van der Waals surface area contributed by atoms with E-state index in [2.05, 4.69) is 41.0 Å². The molecule has 58 valence electrons. The Hall–Kier alpha value is 0.270. The molecule has 1 aliphatic heterocycles. The lowest BCUT2D eigenvalue weighted by atomic mass is 10.1. The van der Waals surface area contributed by atoms with Gasteiger partial charge < -0.3 is 4.90 Å². The first kappa shape index (κ1) is 8.37. The molecule has 10 heavy (non-hydrogen) atoms. The summed E-state index contributed by atoms with van der Waals surface area (Å²) >= 11 is 2.53. The molecule has 1 fully saturated rings. The van der Waals surface area contributed by atoms with Gasteiger partial charge in [0.15, 0.2) is 0 Å². The first-order chi connectivity index (χ1) is 4.70. The van der Waals surface area contributed by atoms with Crippen LogP contribution in [0.2, 0.25) is 0 Å². The average molecular weight is 251 g/mol. The summed E-state index contributed by atoms with van der Waals surface area (Å²) in [4.78, 5) is 2.37. The lowest BCUT2D eigenvalue weighted by Crippen LogP contribution is -2.31. The van der Waals surface area contributed by atoms with Crippen LogP contribution in [-0.2, 0) is 0 Å². The topological polar surface area (TPSA) is 3.24 Å². The number of rotatable bonds is 1. The van der Waals surface area contributed by atoms with Crippen LogP contribution in [0.5, 0.6) is 0 Å². The zero-order chi connectivity index (χ0) is 7.56. The van der Waals surface area contributed by atoms with Crippen molar-refractivity contribution in [3.05, 3.63) is 12.3 Å². The minimum atomic E-state index is 0.896. The quantitative estimate of drug-likeness (QED) is 0.511. The number of hydrogen-bond acceptors (Lipinski definition) is 1. The van der Waals surface area contributed by atoms with Crippen molar-refractivity contribution in [2.75, 3.05) is 13.1 Å². The minimum absolute atomic E-state index is 0.896. The van der Waals surface area contributed by atoms with Crippen molar-refractivity contribution in [2.24, 2.45) is 0 Å². The minimum Gasteiger partial charge on any atom is -0.375 e. The highest BCUT2D eigenvalue weighted by Gasteiger charge is 2.15. The largest absolute Gasteiger partial charge is 0.375 e. The van der Waals surface area contributed by atoms with Crippen LogP contribution in [0, 0.1) is 0 Å². The maximum Gasteiger partial charge on any atom is 0.0184 e. The summed E-state index contributed by atoms with van der Waals surface area (Å²) in [6.07, 6.45) is 2.65. The van der Waals surface area contributed by atoms with Crippen molar-refractivity contribution in [3.63, 3.8) is 0 Å². The van der Waals surface area contributed by atoms with Gasteiger partial charge in [0.1, 0.15) is 0 Å². The second-order valence-corrected chi connectivity index (χ2v) is 4.66. The normalized spacial score (nSPS) is 21.2. The van der Waals surface area contributed by atoms with E-state index >= 15 is 0 Å². The van der Waals surface area contributed by atoms with Crippen LogP contribution in [0.3, 0.4) is 0 Å². The molecule has 0 aromatic carbocycles. The molecular formula is C8H14IN. The van der Waals surface area contributed by atoms with Crippen molar-refractivity contribution in [3.8, 4) is 0 Å². The summed E-state index contributed by atoms with van der Waals surface area (Å²) in [5.41, 5.74) is 1.23. The van der Waals surface area contributed by atoms with E-state index in [1.807, 2.05) is 0 Å². The second-order valence-electron chi connectivity index (χ2n) is 2.90. The third-order valence-electron chi connectivity index (χ3n) is 1.96. The molecule has 0 aromatic rings. The first-order valence-electron chi connectivity index (χ1n) is 3.74. The van der Waals surface area contributed by atoms with Gasteiger partial charge in [0.2, 0.25) is 0 Å². The molecule has 0 atom stereocenters. The fourth-order valence-corrected chi connectivity index (χ4v) is 1.79. The monoisotopic (exact) mass is 251 g/mol. The van der Waals surface area contributed by atoms with Crippen LogP contribution >= 0.6 is 22.6 Å². The molecule has 0 aromatic heterocycles. The molecule has 0 aliphatic carbocycles. The number of allylic oxidation sites excluding steroid dienone is 1. The molecule has 0 radical (unpaired) electrons. The number of likely N-dealkylation sites (tertiary alicyclic amines) is 1. The van der Waals surface area contributed by atoms with E-state index in [1.165, 1.54) is 31.6 Å². The predicted molar refractivity (Wildman–Crippen MR) is 53.4 cm³/mol. The average Bonchev–Trinajstić information content (AvgIpc) is 1.88. The van der Waals surface area contributed by atoms with Crippen molar-refractivity contribution in [2.45, 2.75) is 23.7 Å². The standard InChI is InChI=1S/C8H14IN/c1-7(2)10-5-3-8(9)4-6-10/h8H,1,3-6H2,2H3. The Bertz CT molecular complexity index is 125. The van der Waals surface area contributed by atoms with Crippen LogP contribution in [0.4, 0.5) is 0 Å². The zero-order valence-electron chi connectivity index (χ0n) is 6.44. The molecule has 1 heterocycles. The van der Waals surface area contributed by atoms with E-state index in [1.54, 1.807) is 0 Å². The number of halogens is 1. The van der Waals surface area contributed by atoms with Crippen LogP contribution < -0.4 is 0 Å². The van der Waals surface area contributed by atoms with Gasteiger partial charge in [-0.2, -0.15) is 0 Å². The van der Waals surface area contributed by atoms with Gasteiger partial charge >= 0.3 is 0 Å². The Morgan fingerprint density at radius 2 is 2.00 bits per heavy atom. The number of piperidine rings is 1. The van der Waals surface area contributed by atoms with Gasteiger partial charge in [0, 0.05) is 22.7 Å². The molecule has 0 spiro atoms. The fourth-order valence-electron chi connectivity index (χ4n) is 1.23. The summed E-state index contributed by atoms with van der Waals surface area (Å²) in [5, 5.41) is 0. The van der Waals surface area contributed by atoms with E-state index in [9.17, 15) is 0 Å². The van der Waals surface area contributed by atoms with Crippen molar-refractivity contribution in [1.82, 2.24) is 4.90 Å². The molecule has 2 heteroatoms. The highest BCUT2D eigenvalue weighted by molar-refractivity contribution is 14.1. The second kappa shape index (κ2) is 3.60. The van der Waals surface area contributed by atoms with Gasteiger partial charge in [-0.1, -0.05) is 29.2 Å². The smallest absolute Gasteiger partial charge is 0.0184 e. The molecule has 0 unspecified atom stereocenters. The number of nitrogens with zero attached hydrogens (tertiary/aromatic N) is 1. The molecule has 0 saturated carbocycles. The van der Waals surface area contributed by atoms with E-state index in [4.69, 9.17) is 0 Å². The van der Waals surface area contributed by atoms with Crippen LogP contribution in [-0.4, -0.2) is 21.9 Å². The van der Waals surface area contributed by atoms with Gasteiger partial charge in [-0.25, -0.2) is 0 Å². The van der Waals surface area contributed by atoms with Gasteiger partial charge in [0.05, 0.1) is 0 Å². The molecule has 1 saturated heterocycles. The SMILES string of the molecule is C=C(C)N1CCC(I)CC1. The van der Waals surface area contributed by atoms with Crippen LogP contribution in [0.15, 0.2) is 12.3 Å². The van der Waals surface area contributed by atoms with E-state index in [-0.39, 0.29) is 0 Å². The lowest BCUT2D eigenvalue weighted by Gasteiger charge is -2.31. The first-order valence-corrected chi connectivity index (χ1v) is 4.99. The van der Waals surface area contributed by atoms with Crippen molar-refractivity contribution < 1.29 is 0 Å². The number of hydrogen-bond donors (Lipinski definition) is 0. The third kappa shape index (κ3) is 2.15. The Morgan fingerprint density at radius 3 is 2.40 bits per heavy atom. The molecule has 0 amide bonds. The maximum absolute atomic E-state index is 3.93. The van der Waals surface area contributed by atoms with Gasteiger partial charge in [-0.05, 0) is 19.8 Å². The summed E-state index contributed by atoms with van der Waals surface area (Å²) in [5.74, 6) is 0. The highest BCUT2D eigenvalue weighted by Crippen LogP contribution is 2.19. The number of alkyl halides is 1. The summed E-state index contributed by atoms with van der Waals surface area (Å²) in [6.45, 7) is 8.44. The summed E-state index contributed by atoms with van der Waals surface area (Å²) < 4.78 is 0.896. The van der Waals surface area contributed by atoms with Gasteiger partial charge in [-0.3, -0.25) is 0 Å². The molecule has 0 bridgehead atoms. The van der Waals surface area contributed by atoms with Crippen molar-refractivity contribution >= 4 is 22.6 Å². The molecular weight excluding hydrogens is 237 g/mol. The van der Waals surface area contributed by atoms with Crippen molar-refractivity contribution in [1.29, 1.82) is 0 Å². The molecule has 1 nitrogen and oxygen atoms in total. The van der Waals surface area contributed by atoms with Gasteiger partial charge in [-0.15, -0.1) is 0 Å². The lowest BCUT2D eigenvalue weighted by molar-refractivity contribution is 0.296. The van der Waals surface area contributed by atoms with Crippen LogP contribution in [0.1, 0.15) is 19.8 Å². The van der Waals surface area contributed by atoms with E-state index < -0.39 is 0 Å². The summed E-state index contributed by atoms with van der Waals surface area (Å²) in [7, 11) is 0. The Balaban J connectivity index is 2.33. The molecule has 0 N–H and O–H groups in total. The fraction of sp³-hybridized carbons (Fsp3) is 0.750. The third-order valence-corrected chi connectivity index (χ3v) is 3.21.